The number of nitrogens with one attached hydrogen (secondary N) is 1. The summed E-state index contributed by atoms with van der Waals surface area (Å²) < 4.78 is 34.9. The Bertz CT molecular complexity index is 887. The van der Waals surface area contributed by atoms with Crippen LogP contribution in [0.1, 0.15) is 15.9 Å². The molecule has 0 aliphatic heterocycles. The van der Waals surface area contributed by atoms with Gasteiger partial charge in [0.2, 0.25) is 0 Å². The van der Waals surface area contributed by atoms with Crippen LogP contribution in [-0.4, -0.2) is 17.5 Å². The lowest BCUT2D eigenvalue weighted by molar-refractivity contribution is -0.0493. The number of nitrogens with zero attached hydrogens (tertiary/aromatic N) is 1. The highest BCUT2D eigenvalue weighted by molar-refractivity contribution is 6.05. The van der Waals surface area contributed by atoms with Gasteiger partial charge in [-0.3, -0.25) is 9.78 Å². The summed E-state index contributed by atoms with van der Waals surface area (Å²) in [7, 11) is 0. The molecule has 0 atom stereocenters. The van der Waals surface area contributed by atoms with Gasteiger partial charge >= 0.3 is 6.61 Å². The summed E-state index contributed by atoms with van der Waals surface area (Å²) in [4.78, 5) is 16.3. The molecule has 0 unspecified atom stereocenters. The normalized spacial score (nSPS) is 10.5. The van der Waals surface area contributed by atoms with E-state index in [0.717, 1.165) is 5.56 Å². The van der Waals surface area contributed by atoms with E-state index < -0.39 is 12.5 Å². The number of hydrogen-bond donors (Lipinski definition) is 1. The Labute approximate surface area is 154 Å². The van der Waals surface area contributed by atoms with Crippen molar-refractivity contribution in [3.63, 3.8) is 0 Å². The molecule has 1 N–H and O–H groups in total. The quantitative estimate of drug-likeness (QED) is 0.665. The molecule has 1 heterocycles. The molecule has 7 heteroatoms. The lowest BCUT2D eigenvalue weighted by Gasteiger charge is -2.12. The van der Waals surface area contributed by atoms with Crippen molar-refractivity contribution in [3.05, 3.63) is 84.2 Å². The minimum Gasteiger partial charge on any atom is -0.489 e. The molecule has 3 aromatic rings. The molecular formula is C20H16F2N2O3. The van der Waals surface area contributed by atoms with Crippen molar-refractivity contribution in [1.82, 2.24) is 4.98 Å². The molecule has 0 saturated carbocycles. The van der Waals surface area contributed by atoms with E-state index in [1.165, 1.54) is 12.1 Å². The second kappa shape index (κ2) is 8.75. The van der Waals surface area contributed by atoms with Gasteiger partial charge in [-0.2, -0.15) is 8.78 Å². The molecule has 5 nitrogen and oxygen atoms in total. The highest BCUT2D eigenvalue weighted by Gasteiger charge is 2.12. The molecule has 0 aliphatic carbocycles. The summed E-state index contributed by atoms with van der Waals surface area (Å²) in [6, 6.07) is 16.2. The van der Waals surface area contributed by atoms with Crippen molar-refractivity contribution in [2.24, 2.45) is 0 Å². The summed E-state index contributed by atoms with van der Waals surface area (Å²) in [6.07, 6.45) is 3.39. The second-order valence-electron chi connectivity index (χ2n) is 5.50. The lowest BCUT2D eigenvalue weighted by Crippen LogP contribution is -2.13. The maximum absolute atomic E-state index is 12.4. The monoisotopic (exact) mass is 370 g/mol. The maximum atomic E-state index is 12.4. The van der Waals surface area contributed by atoms with E-state index in [-0.39, 0.29) is 11.4 Å². The van der Waals surface area contributed by atoms with Crippen molar-refractivity contribution in [2.45, 2.75) is 13.2 Å². The lowest BCUT2D eigenvalue weighted by atomic mass is 10.2. The van der Waals surface area contributed by atoms with E-state index in [1.807, 2.05) is 12.1 Å². The molecule has 138 valence electrons. The molecule has 0 bridgehead atoms. The Morgan fingerprint density at radius 1 is 1.04 bits per heavy atom. The van der Waals surface area contributed by atoms with E-state index >= 15 is 0 Å². The molecule has 0 spiro atoms. The number of amides is 1. The number of rotatable bonds is 7. The predicted octanol–water partition coefficient (Wildman–Crippen LogP) is 4.51. The molecule has 0 fully saturated rings. The summed E-state index contributed by atoms with van der Waals surface area (Å²) in [5.74, 6) is 0.0493. The van der Waals surface area contributed by atoms with Crippen molar-refractivity contribution in [3.8, 4) is 11.5 Å². The van der Waals surface area contributed by atoms with Gasteiger partial charge in [0.15, 0.2) is 0 Å². The number of hydrogen-bond acceptors (Lipinski definition) is 4. The van der Waals surface area contributed by atoms with Crippen molar-refractivity contribution in [2.75, 3.05) is 5.32 Å². The minimum atomic E-state index is -2.97. The van der Waals surface area contributed by atoms with E-state index in [0.29, 0.717) is 17.9 Å². The van der Waals surface area contributed by atoms with Crippen LogP contribution in [-0.2, 0) is 6.61 Å². The molecule has 0 saturated heterocycles. The minimum absolute atomic E-state index is 0.0997. The average molecular weight is 370 g/mol. The van der Waals surface area contributed by atoms with E-state index in [1.54, 1.807) is 48.8 Å². The Kier molecular flexibility index (Phi) is 5.94. The van der Waals surface area contributed by atoms with Gasteiger partial charge in [0.1, 0.15) is 18.1 Å². The molecule has 27 heavy (non-hydrogen) atoms. The van der Waals surface area contributed by atoms with Gasteiger partial charge in [0, 0.05) is 23.5 Å². The van der Waals surface area contributed by atoms with Crippen LogP contribution in [0.3, 0.4) is 0 Å². The second-order valence-corrected chi connectivity index (χ2v) is 5.50. The van der Waals surface area contributed by atoms with Gasteiger partial charge in [0.25, 0.3) is 5.91 Å². The van der Waals surface area contributed by atoms with Crippen LogP contribution >= 0.6 is 0 Å². The zero-order chi connectivity index (χ0) is 19.1. The zero-order valence-electron chi connectivity index (χ0n) is 14.1. The molecule has 1 amide bonds. The third kappa shape index (κ3) is 5.24. The number of anilines is 1. The Balaban J connectivity index is 1.62. The average Bonchev–Trinajstić information content (AvgIpc) is 2.69. The summed E-state index contributed by atoms with van der Waals surface area (Å²) in [5, 5.41) is 2.56. The number of alkyl halides is 2. The fourth-order valence-electron chi connectivity index (χ4n) is 2.32. The molecule has 2 aromatic carbocycles. The fraction of sp³-hybridized carbons (Fsp3) is 0.100. The predicted molar refractivity (Wildman–Crippen MR) is 96.0 cm³/mol. The van der Waals surface area contributed by atoms with Gasteiger partial charge in [-0.25, -0.2) is 0 Å². The number of carbonyl (C=O) groups is 1. The summed E-state index contributed by atoms with van der Waals surface area (Å²) >= 11 is 0. The van der Waals surface area contributed by atoms with Gasteiger partial charge in [0.05, 0.1) is 5.69 Å². The molecule has 3 rings (SSSR count). The van der Waals surface area contributed by atoms with Crippen molar-refractivity contribution in [1.29, 1.82) is 0 Å². The van der Waals surface area contributed by atoms with Crippen molar-refractivity contribution < 1.29 is 23.0 Å². The van der Waals surface area contributed by atoms with E-state index in [2.05, 4.69) is 15.0 Å². The standard InChI is InChI=1S/C20H16F2N2O3/c21-20(22)27-18-6-2-1-5-17(18)24-19(25)15-7-9-16(10-8-15)26-13-14-4-3-11-23-12-14/h1-12,20H,13H2,(H,24,25). The third-order valence-electron chi connectivity index (χ3n) is 3.60. The number of ether oxygens (including phenoxy) is 2. The fourth-order valence-corrected chi connectivity index (χ4v) is 2.32. The summed E-state index contributed by atoms with van der Waals surface area (Å²) in [6.45, 7) is -2.61. The highest BCUT2D eigenvalue weighted by atomic mass is 19.3. The van der Waals surface area contributed by atoms with Crippen LogP contribution in [0.4, 0.5) is 14.5 Å². The van der Waals surface area contributed by atoms with Crippen LogP contribution in [0.5, 0.6) is 11.5 Å². The molecule has 0 aliphatic rings. The largest absolute Gasteiger partial charge is 0.489 e. The van der Waals surface area contributed by atoms with Crippen molar-refractivity contribution >= 4 is 11.6 Å². The van der Waals surface area contributed by atoms with Gasteiger partial charge in [-0.15, -0.1) is 0 Å². The van der Waals surface area contributed by atoms with Crippen LogP contribution in [0.2, 0.25) is 0 Å². The number of pyridine rings is 1. The first-order valence-corrected chi connectivity index (χ1v) is 8.09. The van der Waals surface area contributed by atoms with Crippen LogP contribution in [0, 0.1) is 0 Å². The first-order valence-electron chi connectivity index (χ1n) is 8.09. The number of para-hydroxylation sites is 2. The zero-order valence-corrected chi connectivity index (χ0v) is 14.1. The van der Waals surface area contributed by atoms with E-state index in [4.69, 9.17) is 4.74 Å². The number of benzene rings is 2. The smallest absolute Gasteiger partial charge is 0.387 e. The van der Waals surface area contributed by atoms with Crippen LogP contribution in [0.15, 0.2) is 73.1 Å². The van der Waals surface area contributed by atoms with Gasteiger partial charge < -0.3 is 14.8 Å². The highest BCUT2D eigenvalue weighted by Crippen LogP contribution is 2.26. The molecule has 1 aromatic heterocycles. The van der Waals surface area contributed by atoms with Crippen LogP contribution < -0.4 is 14.8 Å². The molecule has 0 radical (unpaired) electrons. The van der Waals surface area contributed by atoms with Gasteiger partial charge in [-0.1, -0.05) is 18.2 Å². The SMILES string of the molecule is O=C(Nc1ccccc1OC(F)F)c1ccc(OCc2cccnc2)cc1. The number of halogens is 2. The molecular weight excluding hydrogens is 354 g/mol. The first-order chi connectivity index (χ1) is 13.1. The number of carbonyl (C=O) groups excluding carboxylic acids is 1. The van der Waals surface area contributed by atoms with Gasteiger partial charge in [-0.05, 0) is 42.5 Å². The Morgan fingerprint density at radius 2 is 1.81 bits per heavy atom. The first kappa shape index (κ1) is 18.3. The third-order valence-corrected chi connectivity index (χ3v) is 3.60. The topological polar surface area (TPSA) is 60.5 Å². The number of aromatic nitrogens is 1. The Morgan fingerprint density at radius 3 is 2.52 bits per heavy atom. The Hall–Kier alpha value is -3.48. The van der Waals surface area contributed by atoms with E-state index in [9.17, 15) is 13.6 Å². The summed E-state index contributed by atoms with van der Waals surface area (Å²) in [5.41, 5.74) is 1.45. The maximum Gasteiger partial charge on any atom is 0.387 e. The van der Waals surface area contributed by atoms with Crippen LogP contribution in [0.25, 0.3) is 0 Å².